The van der Waals surface area contributed by atoms with Crippen LogP contribution in [0.5, 0.6) is 0 Å². The molecule has 4 aromatic rings. The quantitative estimate of drug-likeness (QED) is 0.463. The van der Waals surface area contributed by atoms with Crippen LogP contribution in [0.2, 0.25) is 0 Å². The molecule has 1 aliphatic rings. The average Bonchev–Trinajstić information content (AvgIpc) is 3.33. The van der Waals surface area contributed by atoms with Gasteiger partial charge in [-0.3, -0.25) is 9.59 Å². The van der Waals surface area contributed by atoms with Crippen LogP contribution >= 0.6 is 11.3 Å². The number of piperidine rings is 1. The first-order valence-electron chi connectivity index (χ1n) is 11.3. The fourth-order valence-electron chi connectivity index (χ4n) is 4.35. The van der Waals surface area contributed by atoms with Gasteiger partial charge in [-0.2, -0.15) is 0 Å². The summed E-state index contributed by atoms with van der Waals surface area (Å²) < 4.78 is 15.6. The minimum absolute atomic E-state index is 0.00225. The molecule has 0 unspecified atom stereocenters. The number of hydrogen-bond acceptors (Lipinski definition) is 5. The predicted octanol–water partition coefficient (Wildman–Crippen LogP) is 4.43. The molecule has 174 valence electrons. The van der Waals surface area contributed by atoms with Gasteiger partial charge in [0.25, 0.3) is 5.56 Å². The number of rotatable bonds is 5. The van der Waals surface area contributed by atoms with Crippen molar-refractivity contribution in [2.75, 3.05) is 18.0 Å². The first kappa shape index (κ1) is 22.3. The number of carbonyl (C=O) groups excluding carboxylic acids is 1. The number of halogens is 1. The van der Waals surface area contributed by atoms with Crippen molar-refractivity contribution in [2.24, 2.45) is 5.92 Å². The van der Waals surface area contributed by atoms with Crippen molar-refractivity contribution in [1.82, 2.24) is 14.9 Å². The molecule has 3 heterocycles. The smallest absolute Gasteiger partial charge is 0.277 e. The van der Waals surface area contributed by atoms with E-state index in [2.05, 4.69) is 5.32 Å². The first-order valence-corrected chi connectivity index (χ1v) is 12.2. The molecule has 0 radical (unpaired) electrons. The molecule has 2 aromatic carbocycles. The Balaban J connectivity index is 1.42. The Labute approximate surface area is 200 Å². The van der Waals surface area contributed by atoms with Gasteiger partial charge in [0, 0.05) is 19.6 Å². The van der Waals surface area contributed by atoms with Crippen molar-refractivity contribution < 1.29 is 9.18 Å². The summed E-state index contributed by atoms with van der Waals surface area (Å²) in [6.07, 6.45) is 1.58. The van der Waals surface area contributed by atoms with Crippen molar-refractivity contribution in [3.05, 3.63) is 87.3 Å². The summed E-state index contributed by atoms with van der Waals surface area (Å²) in [6, 6.07) is 15.8. The highest BCUT2D eigenvalue weighted by molar-refractivity contribution is 7.17. The summed E-state index contributed by atoms with van der Waals surface area (Å²) in [5.74, 6) is -0.0983. The van der Waals surface area contributed by atoms with Crippen LogP contribution in [0.3, 0.4) is 0 Å². The Bertz CT molecular complexity index is 1380. The number of carbonyl (C=O) groups is 1. The zero-order valence-corrected chi connectivity index (χ0v) is 19.6. The maximum atomic E-state index is 13.6. The van der Waals surface area contributed by atoms with Gasteiger partial charge in [-0.15, -0.1) is 11.3 Å². The number of fused-ring (bicyclic) bond motifs is 1. The highest BCUT2D eigenvalue weighted by atomic mass is 32.1. The molecular formula is C26H25FN4O2S. The van der Waals surface area contributed by atoms with E-state index in [0.29, 0.717) is 41.5 Å². The standard InChI is InChI=1S/C26H25FN4O2S/c1-17-4-6-18(7-5-17)15-28-24(32)19-3-2-13-30(16-19)26-29-22-12-14-34-23(22)25(33)31(26)21-10-8-20(27)9-11-21/h4-12,14,19H,2-3,13,15-16H2,1H3,(H,28,32)/t19-/m0/s1. The van der Waals surface area contributed by atoms with Crippen molar-refractivity contribution in [3.8, 4) is 5.69 Å². The molecule has 0 aliphatic carbocycles. The van der Waals surface area contributed by atoms with Gasteiger partial charge in [-0.05, 0) is 61.0 Å². The summed E-state index contributed by atoms with van der Waals surface area (Å²) in [6.45, 7) is 3.66. The molecular weight excluding hydrogens is 451 g/mol. The summed E-state index contributed by atoms with van der Waals surface area (Å²) in [4.78, 5) is 33.1. The van der Waals surface area contributed by atoms with Gasteiger partial charge < -0.3 is 10.2 Å². The Hall–Kier alpha value is -3.52. The molecule has 1 saturated heterocycles. The molecule has 8 heteroatoms. The van der Waals surface area contributed by atoms with Crippen molar-refractivity contribution >= 4 is 33.4 Å². The molecule has 1 aliphatic heterocycles. The fourth-order valence-corrected chi connectivity index (χ4v) is 5.11. The number of aromatic nitrogens is 2. The molecule has 34 heavy (non-hydrogen) atoms. The lowest BCUT2D eigenvalue weighted by Crippen LogP contribution is -2.45. The third-order valence-corrected chi connectivity index (χ3v) is 7.10. The molecule has 1 N–H and O–H groups in total. The molecule has 1 atom stereocenters. The molecule has 6 nitrogen and oxygen atoms in total. The van der Waals surface area contributed by atoms with E-state index in [1.54, 1.807) is 12.1 Å². The van der Waals surface area contributed by atoms with Crippen molar-refractivity contribution in [1.29, 1.82) is 0 Å². The normalized spacial score (nSPS) is 16.1. The van der Waals surface area contributed by atoms with Gasteiger partial charge in [-0.1, -0.05) is 29.8 Å². The Kier molecular flexibility index (Phi) is 6.15. The number of benzene rings is 2. The lowest BCUT2D eigenvalue weighted by atomic mass is 9.97. The van der Waals surface area contributed by atoms with Crippen LogP contribution in [0.4, 0.5) is 10.3 Å². The van der Waals surface area contributed by atoms with E-state index >= 15 is 0 Å². The van der Waals surface area contributed by atoms with Gasteiger partial charge in [0.15, 0.2) is 0 Å². The van der Waals surface area contributed by atoms with Crippen LogP contribution in [-0.4, -0.2) is 28.5 Å². The zero-order chi connectivity index (χ0) is 23.7. The molecule has 0 spiro atoms. The third-order valence-electron chi connectivity index (χ3n) is 6.21. The molecule has 1 amide bonds. The minimum Gasteiger partial charge on any atom is -0.352 e. The Morgan fingerprint density at radius 2 is 1.91 bits per heavy atom. The molecule has 0 saturated carbocycles. The minimum atomic E-state index is -0.369. The van der Waals surface area contributed by atoms with Crippen molar-refractivity contribution in [3.63, 3.8) is 0 Å². The predicted molar refractivity (Wildman–Crippen MR) is 133 cm³/mol. The van der Waals surface area contributed by atoms with Crippen LogP contribution in [0.15, 0.2) is 64.8 Å². The summed E-state index contributed by atoms with van der Waals surface area (Å²) in [5, 5.41) is 4.90. The summed E-state index contributed by atoms with van der Waals surface area (Å²) in [7, 11) is 0. The molecule has 0 bridgehead atoms. The first-order chi connectivity index (χ1) is 16.5. The van der Waals surface area contributed by atoms with E-state index in [1.165, 1.54) is 33.6 Å². The zero-order valence-electron chi connectivity index (χ0n) is 18.8. The number of nitrogens with zero attached hydrogens (tertiary/aromatic N) is 3. The van der Waals surface area contributed by atoms with Crippen LogP contribution in [0.25, 0.3) is 15.9 Å². The SMILES string of the molecule is Cc1ccc(CNC(=O)[C@H]2CCCN(c3nc4ccsc4c(=O)n3-c3ccc(F)cc3)C2)cc1. The monoisotopic (exact) mass is 476 g/mol. The van der Waals surface area contributed by atoms with Crippen LogP contribution in [0, 0.1) is 18.7 Å². The number of anilines is 1. The van der Waals surface area contributed by atoms with Gasteiger partial charge in [0.1, 0.15) is 10.5 Å². The summed E-state index contributed by atoms with van der Waals surface area (Å²) in [5.41, 5.74) is 3.23. The number of nitrogens with one attached hydrogen (secondary N) is 1. The maximum absolute atomic E-state index is 13.6. The van der Waals surface area contributed by atoms with Crippen LogP contribution in [-0.2, 0) is 11.3 Å². The van der Waals surface area contributed by atoms with E-state index in [-0.39, 0.29) is 23.2 Å². The van der Waals surface area contributed by atoms with E-state index in [0.717, 1.165) is 18.4 Å². The molecule has 2 aromatic heterocycles. The number of hydrogen-bond donors (Lipinski definition) is 1. The van der Waals surface area contributed by atoms with E-state index in [4.69, 9.17) is 4.98 Å². The van der Waals surface area contributed by atoms with Crippen LogP contribution in [0.1, 0.15) is 24.0 Å². The lowest BCUT2D eigenvalue weighted by molar-refractivity contribution is -0.125. The molecule has 1 fully saturated rings. The largest absolute Gasteiger partial charge is 0.352 e. The topological polar surface area (TPSA) is 67.2 Å². The lowest BCUT2D eigenvalue weighted by Gasteiger charge is -2.34. The van der Waals surface area contributed by atoms with Gasteiger partial charge in [0.2, 0.25) is 11.9 Å². The average molecular weight is 477 g/mol. The summed E-state index contributed by atoms with van der Waals surface area (Å²) >= 11 is 1.34. The van der Waals surface area contributed by atoms with Gasteiger partial charge >= 0.3 is 0 Å². The number of aryl methyl sites for hydroxylation is 1. The highest BCUT2D eigenvalue weighted by Crippen LogP contribution is 2.26. The highest BCUT2D eigenvalue weighted by Gasteiger charge is 2.29. The van der Waals surface area contributed by atoms with Gasteiger partial charge in [0.05, 0.1) is 17.1 Å². The second kappa shape index (κ2) is 9.38. The van der Waals surface area contributed by atoms with E-state index < -0.39 is 0 Å². The number of amides is 1. The third kappa shape index (κ3) is 4.46. The van der Waals surface area contributed by atoms with E-state index in [1.807, 2.05) is 47.5 Å². The second-order valence-corrected chi connectivity index (χ2v) is 9.57. The fraction of sp³-hybridized carbons (Fsp3) is 0.269. The molecule has 5 rings (SSSR count). The van der Waals surface area contributed by atoms with Crippen molar-refractivity contribution in [2.45, 2.75) is 26.3 Å². The Morgan fingerprint density at radius 3 is 2.68 bits per heavy atom. The van der Waals surface area contributed by atoms with Gasteiger partial charge in [-0.25, -0.2) is 13.9 Å². The maximum Gasteiger partial charge on any atom is 0.277 e. The second-order valence-electron chi connectivity index (χ2n) is 8.65. The number of thiophene rings is 1. The Morgan fingerprint density at radius 1 is 1.15 bits per heavy atom. The van der Waals surface area contributed by atoms with E-state index in [9.17, 15) is 14.0 Å². The van der Waals surface area contributed by atoms with Crippen LogP contribution < -0.4 is 15.8 Å².